The summed E-state index contributed by atoms with van der Waals surface area (Å²) in [5, 5.41) is 0. The molecular weight excluding hydrogens is 340 g/mol. The Bertz CT molecular complexity index is 502. The number of hydrogen-bond donors (Lipinski definition) is 0. The molecule has 0 saturated heterocycles. The lowest BCUT2D eigenvalue weighted by molar-refractivity contribution is -0.160. The fourth-order valence-corrected chi connectivity index (χ4v) is 2.78. The lowest BCUT2D eigenvalue weighted by Gasteiger charge is -2.19. The Morgan fingerprint density at radius 2 is 1.52 bits per heavy atom. The molecule has 4 heteroatoms. The van der Waals surface area contributed by atoms with Crippen molar-refractivity contribution in [2.24, 2.45) is 0 Å². The van der Waals surface area contributed by atoms with Gasteiger partial charge in [-0.2, -0.15) is 0 Å². The average Bonchev–Trinajstić information content (AvgIpc) is 2.60. The van der Waals surface area contributed by atoms with Crippen LogP contribution < -0.4 is 4.74 Å². The molecule has 0 unspecified atom stereocenters. The number of unbranched alkanes of at least 4 members (excludes halogenated alkanes) is 6. The maximum atomic E-state index is 11.5. The first-order valence-electron chi connectivity index (χ1n) is 10.4. The zero-order valence-electron chi connectivity index (χ0n) is 17.7. The molecule has 0 atom stereocenters. The number of ether oxygens (including phenoxy) is 3. The Hall–Kier alpha value is -1.55. The highest BCUT2D eigenvalue weighted by Gasteiger charge is 2.15. The summed E-state index contributed by atoms with van der Waals surface area (Å²) in [4.78, 5) is 11.5. The quantitative estimate of drug-likeness (QED) is 0.307. The summed E-state index contributed by atoms with van der Waals surface area (Å²) in [6.45, 7) is 8.50. The number of hydrogen-bond acceptors (Lipinski definition) is 4. The molecule has 0 bridgehead atoms. The molecule has 154 valence electrons. The van der Waals surface area contributed by atoms with Crippen LogP contribution >= 0.6 is 0 Å². The number of carbonyl (C=O) groups excluding carboxylic acids is 1. The van der Waals surface area contributed by atoms with E-state index in [-0.39, 0.29) is 12.6 Å². The van der Waals surface area contributed by atoms with Gasteiger partial charge in [0.05, 0.1) is 6.61 Å². The lowest BCUT2D eigenvalue weighted by Crippen LogP contribution is -2.27. The summed E-state index contributed by atoms with van der Waals surface area (Å²) in [6, 6.07) is 8.27. The third-order valence-corrected chi connectivity index (χ3v) is 4.13. The molecular formula is C23H38O4. The van der Waals surface area contributed by atoms with Gasteiger partial charge in [0.15, 0.2) is 0 Å². The smallest absolute Gasteiger partial charge is 0.332 e. The van der Waals surface area contributed by atoms with Crippen LogP contribution in [0, 0.1) is 0 Å². The molecule has 4 nitrogen and oxygen atoms in total. The molecule has 0 N–H and O–H groups in total. The van der Waals surface area contributed by atoms with Gasteiger partial charge >= 0.3 is 5.97 Å². The van der Waals surface area contributed by atoms with Gasteiger partial charge in [-0.25, -0.2) is 4.79 Å². The van der Waals surface area contributed by atoms with Crippen molar-refractivity contribution in [3.8, 4) is 5.75 Å². The topological polar surface area (TPSA) is 44.8 Å². The Balaban J connectivity index is 2.08. The van der Waals surface area contributed by atoms with E-state index in [9.17, 15) is 4.79 Å². The molecule has 0 aliphatic carbocycles. The third kappa shape index (κ3) is 13.3. The molecule has 0 amide bonds. The third-order valence-electron chi connectivity index (χ3n) is 4.13. The van der Waals surface area contributed by atoms with Crippen LogP contribution in [0.25, 0.3) is 0 Å². The minimum atomic E-state index is -0.478. The summed E-state index contributed by atoms with van der Waals surface area (Å²) in [6.07, 6.45) is 10.5. The molecule has 0 aromatic heterocycles. The van der Waals surface area contributed by atoms with E-state index in [1.807, 2.05) is 32.9 Å². The fourth-order valence-electron chi connectivity index (χ4n) is 2.78. The van der Waals surface area contributed by atoms with Gasteiger partial charge in [-0.1, -0.05) is 57.6 Å². The van der Waals surface area contributed by atoms with Crippen molar-refractivity contribution >= 4 is 5.97 Å². The molecule has 0 heterocycles. The van der Waals surface area contributed by atoms with E-state index in [0.717, 1.165) is 12.2 Å². The Morgan fingerprint density at radius 1 is 0.889 bits per heavy atom. The fraction of sp³-hybridized carbons (Fsp3) is 0.696. The monoisotopic (exact) mass is 378 g/mol. The minimum Gasteiger partial charge on any atom is -0.491 e. The summed E-state index contributed by atoms with van der Waals surface area (Å²) in [5.74, 6) is 0.483. The Labute approximate surface area is 165 Å². The van der Waals surface area contributed by atoms with E-state index in [2.05, 4.69) is 19.1 Å². The SMILES string of the molecule is CCCCCCCCCc1ccc(OCCOCC(=O)OC(C)(C)C)cc1. The van der Waals surface area contributed by atoms with Crippen LogP contribution in [0.3, 0.4) is 0 Å². The zero-order valence-corrected chi connectivity index (χ0v) is 17.7. The van der Waals surface area contributed by atoms with Crippen LogP contribution in [0.1, 0.15) is 78.2 Å². The van der Waals surface area contributed by atoms with Crippen LogP contribution in [-0.4, -0.2) is 31.4 Å². The summed E-state index contributed by atoms with van der Waals surface area (Å²) in [5.41, 5.74) is 0.880. The molecule has 0 spiro atoms. The van der Waals surface area contributed by atoms with Gasteiger partial charge in [-0.05, 0) is 51.3 Å². The predicted molar refractivity (Wildman–Crippen MR) is 110 cm³/mol. The van der Waals surface area contributed by atoms with Gasteiger partial charge < -0.3 is 14.2 Å². The van der Waals surface area contributed by atoms with Gasteiger partial charge in [-0.3, -0.25) is 0 Å². The van der Waals surface area contributed by atoms with E-state index >= 15 is 0 Å². The predicted octanol–water partition coefficient (Wildman–Crippen LogP) is 5.72. The molecule has 0 saturated carbocycles. The number of carbonyl (C=O) groups is 1. The first kappa shape index (κ1) is 23.5. The highest BCUT2D eigenvalue weighted by Crippen LogP contribution is 2.15. The standard InChI is InChI=1S/C23H38O4/c1-5-6-7-8-9-10-11-12-20-13-15-21(16-14-20)26-18-17-25-19-22(24)27-23(2,3)4/h13-16H,5-12,17-19H2,1-4H3. The molecule has 0 radical (unpaired) electrons. The second-order valence-corrected chi connectivity index (χ2v) is 8.00. The highest BCUT2D eigenvalue weighted by molar-refractivity contribution is 5.71. The first-order valence-corrected chi connectivity index (χ1v) is 10.4. The Morgan fingerprint density at radius 3 is 2.15 bits per heavy atom. The average molecular weight is 379 g/mol. The maximum Gasteiger partial charge on any atom is 0.332 e. The van der Waals surface area contributed by atoms with Crippen LogP contribution in [0.2, 0.25) is 0 Å². The number of benzene rings is 1. The number of esters is 1. The number of aryl methyl sites for hydroxylation is 1. The van der Waals surface area contributed by atoms with Crippen molar-refractivity contribution in [2.45, 2.75) is 84.7 Å². The van der Waals surface area contributed by atoms with E-state index in [1.54, 1.807) is 0 Å². The summed E-state index contributed by atoms with van der Waals surface area (Å²) >= 11 is 0. The van der Waals surface area contributed by atoms with Crippen molar-refractivity contribution in [3.05, 3.63) is 29.8 Å². The molecule has 1 rings (SSSR count). The summed E-state index contributed by atoms with van der Waals surface area (Å²) in [7, 11) is 0. The second-order valence-electron chi connectivity index (χ2n) is 8.00. The molecule has 1 aromatic carbocycles. The molecule has 0 aliphatic heterocycles. The van der Waals surface area contributed by atoms with Gasteiger partial charge in [-0.15, -0.1) is 0 Å². The van der Waals surface area contributed by atoms with Crippen LogP contribution in [0.4, 0.5) is 0 Å². The normalized spacial score (nSPS) is 11.4. The van der Waals surface area contributed by atoms with Gasteiger partial charge in [0.1, 0.15) is 24.6 Å². The van der Waals surface area contributed by atoms with E-state index in [4.69, 9.17) is 14.2 Å². The molecule has 0 aliphatic rings. The molecule has 27 heavy (non-hydrogen) atoms. The zero-order chi connectivity index (χ0) is 20.0. The summed E-state index contributed by atoms with van der Waals surface area (Å²) < 4.78 is 16.1. The van der Waals surface area contributed by atoms with Gasteiger partial charge in [0.25, 0.3) is 0 Å². The van der Waals surface area contributed by atoms with Crippen molar-refractivity contribution < 1.29 is 19.0 Å². The highest BCUT2D eigenvalue weighted by atomic mass is 16.6. The van der Waals surface area contributed by atoms with Gasteiger partial charge in [0, 0.05) is 0 Å². The second kappa shape index (κ2) is 13.6. The van der Waals surface area contributed by atoms with Crippen molar-refractivity contribution in [1.82, 2.24) is 0 Å². The number of rotatable bonds is 14. The van der Waals surface area contributed by atoms with E-state index in [1.165, 1.54) is 50.5 Å². The van der Waals surface area contributed by atoms with E-state index < -0.39 is 5.60 Å². The maximum absolute atomic E-state index is 11.5. The molecule has 0 fully saturated rings. The van der Waals surface area contributed by atoms with Crippen LogP contribution in [0.5, 0.6) is 5.75 Å². The van der Waals surface area contributed by atoms with Crippen molar-refractivity contribution in [2.75, 3.05) is 19.8 Å². The van der Waals surface area contributed by atoms with Crippen LogP contribution in [0.15, 0.2) is 24.3 Å². The Kier molecular flexibility index (Phi) is 11.8. The van der Waals surface area contributed by atoms with Crippen molar-refractivity contribution in [1.29, 1.82) is 0 Å². The van der Waals surface area contributed by atoms with Crippen molar-refractivity contribution in [3.63, 3.8) is 0 Å². The van der Waals surface area contributed by atoms with Crippen LogP contribution in [-0.2, 0) is 20.7 Å². The minimum absolute atomic E-state index is 0.0436. The van der Waals surface area contributed by atoms with Gasteiger partial charge in [0.2, 0.25) is 0 Å². The first-order chi connectivity index (χ1) is 12.9. The van der Waals surface area contributed by atoms with E-state index in [0.29, 0.717) is 13.2 Å². The lowest BCUT2D eigenvalue weighted by atomic mass is 10.0. The molecule has 1 aromatic rings. The largest absolute Gasteiger partial charge is 0.491 e.